The lowest BCUT2D eigenvalue weighted by Gasteiger charge is -2.08. The van der Waals surface area contributed by atoms with E-state index in [1.165, 1.54) is 0 Å². The lowest BCUT2D eigenvalue weighted by atomic mass is 10.1. The van der Waals surface area contributed by atoms with Gasteiger partial charge in [-0.25, -0.2) is 9.97 Å². The van der Waals surface area contributed by atoms with Crippen LogP contribution in [-0.4, -0.2) is 22.1 Å². The molecule has 96 valence electrons. The normalized spacial score (nSPS) is 10.8. The number of benzene rings is 1. The van der Waals surface area contributed by atoms with Gasteiger partial charge in [0, 0.05) is 12.3 Å². The van der Waals surface area contributed by atoms with Crippen molar-refractivity contribution in [1.82, 2.24) is 15.0 Å². The van der Waals surface area contributed by atoms with Gasteiger partial charge in [-0.15, -0.1) is 0 Å². The van der Waals surface area contributed by atoms with Gasteiger partial charge in [0.05, 0.1) is 28.9 Å². The number of nitrogen functional groups attached to an aromatic ring is 1. The van der Waals surface area contributed by atoms with E-state index in [4.69, 9.17) is 22.1 Å². The quantitative estimate of drug-likeness (QED) is 0.705. The van der Waals surface area contributed by atoms with Gasteiger partial charge in [0.1, 0.15) is 11.6 Å². The van der Waals surface area contributed by atoms with E-state index < -0.39 is 0 Å². The fourth-order valence-electron chi connectivity index (χ4n) is 1.90. The van der Waals surface area contributed by atoms with Gasteiger partial charge in [-0.2, -0.15) is 0 Å². The number of methoxy groups -OCH3 is 1. The van der Waals surface area contributed by atoms with E-state index in [-0.39, 0.29) is 0 Å². The minimum Gasteiger partial charge on any atom is -0.496 e. The van der Waals surface area contributed by atoms with Gasteiger partial charge in [-0.3, -0.25) is 0 Å². The molecule has 0 fully saturated rings. The number of nitrogens with one attached hydrogen (secondary N) is 1. The molecule has 0 bridgehead atoms. The molecule has 0 aliphatic rings. The Morgan fingerprint density at radius 1 is 1.37 bits per heavy atom. The first-order valence-corrected chi connectivity index (χ1v) is 6.01. The summed E-state index contributed by atoms with van der Waals surface area (Å²) in [6.45, 7) is 0. The molecule has 3 aromatic rings. The van der Waals surface area contributed by atoms with E-state index in [1.807, 2.05) is 12.1 Å². The predicted octanol–water partition coefficient (Wildman–Crippen LogP) is 2.87. The molecule has 0 saturated heterocycles. The number of nitrogens with zero attached hydrogens (tertiary/aromatic N) is 2. The van der Waals surface area contributed by atoms with Gasteiger partial charge in [0.25, 0.3) is 0 Å². The highest BCUT2D eigenvalue weighted by molar-refractivity contribution is 6.33. The molecule has 3 rings (SSSR count). The predicted molar refractivity (Wildman–Crippen MR) is 75.3 cm³/mol. The van der Waals surface area contributed by atoms with Crippen molar-refractivity contribution < 1.29 is 4.74 Å². The topological polar surface area (TPSA) is 76.8 Å². The Labute approximate surface area is 114 Å². The van der Waals surface area contributed by atoms with Crippen LogP contribution in [0.5, 0.6) is 5.75 Å². The molecule has 0 radical (unpaired) electrons. The summed E-state index contributed by atoms with van der Waals surface area (Å²) in [6, 6.07) is 7.16. The summed E-state index contributed by atoms with van der Waals surface area (Å²) in [5, 5.41) is 0.462. The number of fused-ring (bicyclic) bond motifs is 1. The maximum Gasteiger partial charge on any atom is 0.178 e. The van der Waals surface area contributed by atoms with Crippen molar-refractivity contribution in [2.45, 2.75) is 0 Å². The lowest BCUT2D eigenvalue weighted by Crippen LogP contribution is -1.93. The zero-order valence-electron chi connectivity index (χ0n) is 10.1. The van der Waals surface area contributed by atoms with E-state index in [2.05, 4.69) is 15.0 Å². The average molecular weight is 275 g/mol. The van der Waals surface area contributed by atoms with Crippen LogP contribution in [0.1, 0.15) is 0 Å². The van der Waals surface area contributed by atoms with Gasteiger partial charge < -0.3 is 15.5 Å². The third-order valence-electron chi connectivity index (χ3n) is 2.83. The molecule has 0 amide bonds. The zero-order chi connectivity index (χ0) is 13.4. The minimum absolute atomic E-state index is 0.462. The number of pyridine rings is 1. The molecule has 5 nitrogen and oxygen atoms in total. The monoisotopic (exact) mass is 274 g/mol. The summed E-state index contributed by atoms with van der Waals surface area (Å²) in [6.07, 6.45) is 1.69. The fraction of sp³-hybridized carbons (Fsp3) is 0.0769. The zero-order valence-corrected chi connectivity index (χ0v) is 10.9. The van der Waals surface area contributed by atoms with E-state index in [0.717, 1.165) is 11.1 Å². The number of imidazole rings is 1. The highest BCUT2D eigenvalue weighted by Gasteiger charge is 2.13. The van der Waals surface area contributed by atoms with Crippen LogP contribution >= 0.6 is 11.6 Å². The van der Waals surface area contributed by atoms with Crippen molar-refractivity contribution in [3.05, 3.63) is 35.5 Å². The number of anilines is 1. The highest BCUT2D eigenvalue weighted by atomic mass is 35.5. The molecule has 6 heteroatoms. The standard InChI is InChI=1S/C13H11ClN4O/c1-19-11-6-9(15)8(14)5-7(11)12-17-10-3-2-4-16-13(10)18-12/h2-6H,15H2,1H3,(H,16,17,18). The fourth-order valence-corrected chi connectivity index (χ4v) is 2.06. The van der Waals surface area contributed by atoms with Crippen molar-refractivity contribution in [2.75, 3.05) is 12.8 Å². The van der Waals surface area contributed by atoms with Crippen LogP contribution in [0.4, 0.5) is 5.69 Å². The van der Waals surface area contributed by atoms with E-state index >= 15 is 0 Å². The number of H-pyrrole nitrogens is 1. The number of nitrogens with two attached hydrogens (primary N) is 1. The third kappa shape index (κ3) is 1.98. The molecular formula is C13H11ClN4O. The Morgan fingerprint density at radius 2 is 2.21 bits per heavy atom. The van der Waals surface area contributed by atoms with Gasteiger partial charge in [-0.1, -0.05) is 11.6 Å². The van der Waals surface area contributed by atoms with Crippen LogP contribution in [0, 0.1) is 0 Å². The van der Waals surface area contributed by atoms with Gasteiger partial charge in [-0.05, 0) is 18.2 Å². The summed E-state index contributed by atoms with van der Waals surface area (Å²) in [5.74, 6) is 1.26. The summed E-state index contributed by atoms with van der Waals surface area (Å²) in [5.41, 5.74) is 8.48. The first-order valence-electron chi connectivity index (χ1n) is 5.63. The van der Waals surface area contributed by atoms with Crippen LogP contribution in [0.2, 0.25) is 5.02 Å². The second-order valence-corrected chi connectivity index (χ2v) is 4.44. The van der Waals surface area contributed by atoms with Crippen molar-refractivity contribution in [1.29, 1.82) is 0 Å². The van der Waals surface area contributed by atoms with E-state index in [1.54, 1.807) is 25.4 Å². The first-order chi connectivity index (χ1) is 9.19. The number of aromatic amines is 1. The molecule has 0 aliphatic heterocycles. The van der Waals surface area contributed by atoms with Crippen LogP contribution in [0.15, 0.2) is 30.5 Å². The maximum absolute atomic E-state index is 6.05. The third-order valence-corrected chi connectivity index (χ3v) is 3.16. The molecule has 0 saturated carbocycles. The second-order valence-electron chi connectivity index (χ2n) is 4.03. The van der Waals surface area contributed by atoms with E-state index in [0.29, 0.717) is 27.9 Å². The molecule has 0 unspecified atom stereocenters. The molecule has 0 aliphatic carbocycles. The first kappa shape index (κ1) is 11.8. The molecule has 0 spiro atoms. The number of rotatable bonds is 2. The second kappa shape index (κ2) is 4.44. The van der Waals surface area contributed by atoms with Crippen molar-refractivity contribution >= 4 is 28.5 Å². The Bertz CT molecular complexity index is 720. The van der Waals surface area contributed by atoms with E-state index in [9.17, 15) is 0 Å². The van der Waals surface area contributed by atoms with Gasteiger partial charge in [0.2, 0.25) is 0 Å². The van der Waals surface area contributed by atoms with Crippen LogP contribution < -0.4 is 10.5 Å². The maximum atomic E-state index is 6.05. The Balaban J connectivity index is 2.22. The molecular weight excluding hydrogens is 264 g/mol. The molecule has 2 aromatic heterocycles. The largest absolute Gasteiger partial charge is 0.496 e. The number of aromatic nitrogens is 3. The van der Waals surface area contributed by atoms with Crippen LogP contribution in [0.25, 0.3) is 22.6 Å². The van der Waals surface area contributed by atoms with Gasteiger partial charge >= 0.3 is 0 Å². The molecule has 1 aromatic carbocycles. The summed E-state index contributed by atoms with van der Waals surface area (Å²) in [7, 11) is 1.58. The van der Waals surface area contributed by atoms with Crippen LogP contribution in [-0.2, 0) is 0 Å². The average Bonchev–Trinajstić information content (AvgIpc) is 2.85. The van der Waals surface area contributed by atoms with Gasteiger partial charge in [0.15, 0.2) is 5.65 Å². The SMILES string of the molecule is COc1cc(N)c(Cl)cc1-c1nc2ncccc2[nH]1. The van der Waals surface area contributed by atoms with Crippen molar-refractivity contribution in [3.63, 3.8) is 0 Å². The molecule has 19 heavy (non-hydrogen) atoms. The van der Waals surface area contributed by atoms with Crippen LogP contribution in [0.3, 0.4) is 0 Å². The number of hydrogen-bond donors (Lipinski definition) is 2. The Kier molecular flexibility index (Phi) is 2.76. The molecule has 3 N–H and O–H groups in total. The highest BCUT2D eigenvalue weighted by Crippen LogP contribution is 2.35. The smallest absolute Gasteiger partial charge is 0.178 e. The molecule has 0 atom stereocenters. The number of ether oxygens (including phenoxy) is 1. The minimum atomic E-state index is 0.462. The number of hydrogen-bond acceptors (Lipinski definition) is 4. The summed E-state index contributed by atoms with van der Waals surface area (Å²) >= 11 is 6.05. The summed E-state index contributed by atoms with van der Waals surface area (Å²) in [4.78, 5) is 11.8. The number of halogens is 1. The summed E-state index contributed by atoms with van der Waals surface area (Å²) < 4.78 is 5.31. The lowest BCUT2D eigenvalue weighted by molar-refractivity contribution is 0.416. The molecule has 2 heterocycles. The Morgan fingerprint density at radius 3 is 2.95 bits per heavy atom. The van der Waals surface area contributed by atoms with Crippen molar-refractivity contribution in [2.24, 2.45) is 0 Å². The Hall–Kier alpha value is -2.27. The van der Waals surface area contributed by atoms with Crippen molar-refractivity contribution in [3.8, 4) is 17.1 Å².